The molecule has 0 spiro atoms. The number of unbranched alkanes of at least 4 members (excludes halogenated alkanes) is 2. The molecule has 29 heavy (non-hydrogen) atoms. The van der Waals surface area contributed by atoms with Crippen LogP contribution in [0.5, 0.6) is 0 Å². The summed E-state index contributed by atoms with van der Waals surface area (Å²) in [6.45, 7) is 6.66. The van der Waals surface area contributed by atoms with E-state index in [-0.39, 0.29) is 5.75 Å². The van der Waals surface area contributed by atoms with Gasteiger partial charge in [-0.3, -0.25) is 4.99 Å². The third-order valence-electron chi connectivity index (χ3n) is 5.11. The molecule has 1 aromatic carbocycles. The zero-order valence-corrected chi connectivity index (χ0v) is 18.8. The molecule has 0 radical (unpaired) electrons. The van der Waals surface area contributed by atoms with Gasteiger partial charge >= 0.3 is 0 Å². The van der Waals surface area contributed by atoms with E-state index in [0.717, 1.165) is 23.5 Å². The lowest BCUT2D eigenvalue weighted by molar-refractivity contribution is 0.0729. The van der Waals surface area contributed by atoms with Gasteiger partial charge in [-0.25, -0.2) is 8.42 Å². The van der Waals surface area contributed by atoms with E-state index in [0.29, 0.717) is 38.9 Å². The number of nitrogens with one attached hydrogen (secondary N) is 2. The fourth-order valence-corrected chi connectivity index (χ4v) is 4.93. The second kappa shape index (κ2) is 12.1. The van der Waals surface area contributed by atoms with E-state index in [1.165, 1.54) is 23.6 Å². The van der Waals surface area contributed by atoms with E-state index in [2.05, 4.69) is 29.5 Å². The van der Waals surface area contributed by atoms with Gasteiger partial charge in [0.2, 0.25) is 10.0 Å². The third kappa shape index (κ3) is 7.95. The smallest absolute Gasteiger partial charge is 0.218 e. The van der Waals surface area contributed by atoms with Crippen molar-refractivity contribution in [2.75, 3.05) is 33.4 Å². The molecule has 0 amide bonds. The molecule has 164 valence electrons. The van der Waals surface area contributed by atoms with Crippen LogP contribution in [0.25, 0.3) is 0 Å². The molecule has 1 aliphatic heterocycles. The van der Waals surface area contributed by atoms with Crippen LogP contribution in [0.1, 0.15) is 50.7 Å². The van der Waals surface area contributed by atoms with Gasteiger partial charge in [0.1, 0.15) is 0 Å². The lowest BCUT2D eigenvalue weighted by Gasteiger charge is -2.26. The minimum absolute atomic E-state index is 0.00427. The van der Waals surface area contributed by atoms with E-state index in [1.807, 2.05) is 24.3 Å². The summed E-state index contributed by atoms with van der Waals surface area (Å²) < 4.78 is 32.4. The Morgan fingerprint density at radius 2 is 1.90 bits per heavy atom. The van der Waals surface area contributed by atoms with Crippen LogP contribution in [-0.4, -0.2) is 58.1 Å². The Kier molecular flexibility index (Phi) is 9.90. The summed E-state index contributed by atoms with van der Waals surface area (Å²) >= 11 is 0. The topological polar surface area (TPSA) is 83.0 Å². The quantitative estimate of drug-likeness (QED) is 0.343. The number of benzene rings is 1. The summed E-state index contributed by atoms with van der Waals surface area (Å²) in [5.41, 5.74) is 1.78. The normalized spacial score (nSPS) is 17.1. The molecule has 1 aliphatic rings. The molecule has 1 aromatic rings. The van der Waals surface area contributed by atoms with Gasteiger partial charge in [0, 0.05) is 32.7 Å². The summed E-state index contributed by atoms with van der Waals surface area (Å²) in [5.74, 6) is 0.740. The average Bonchev–Trinajstić information content (AvgIpc) is 2.72. The highest BCUT2D eigenvalue weighted by molar-refractivity contribution is 7.88. The predicted octanol–water partition coefficient (Wildman–Crippen LogP) is 2.48. The zero-order chi connectivity index (χ0) is 21.1. The van der Waals surface area contributed by atoms with Crippen LogP contribution in [0.2, 0.25) is 0 Å². The maximum Gasteiger partial charge on any atom is 0.218 e. The largest absolute Gasteiger partial charge is 0.379 e. The van der Waals surface area contributed by atoms with Crippen LogP contribution >= 0.6 is 0 Å². The average molecular weight is 425 g/mol. The molecule has 8 heteroatoms. The van der Waals surface area contributed by atoms with Crippen LogP contribution < -0.4 is 10.6 Å². The van der Waals surface area contributed by atoms with Crippen molar-refractivity contribution in [2.45, 2.75) is 57.9 Å². The SMILES string of the molecule is CCCCCC(C)NC(=NC)NCc1ccccc1CS(=O)(=O)N1CCOCC1. The van der Waals surface area contributed by atoms with Crippen molar-refractivity contribution in [3.05, 3.63) is 35.4 Å². The monoisotopic (exact) mass is 424 g/mol. The molecule has 0 saturated carbocycles. The molecule has 1 heterocycles. The minimum Gasteiger partial charge on any atom is -0.379 e. The summed E-state index contributed by atoms with van der Waals surface area (Å²) in [7, 11) is -1.60. The Morgan fingerprint density at radius 3 is 2.55 bits per heavy atom. The van der Waals surface area contributed by atoms with Crippen molar-refractivity contribution in [1.29, 1.82) is 0 Å². The van der Waals surface area contributed by atoms with Gasteiger partial charge in [0.05, 0.1) is 19.0 Å². The van der Waals surface area contributed by atoms with Crippen LogP contribution in [0, 0.1) is 0 Å². The van der Waals surface area contributed by atoms with Gasteiger partial charge in [0.25, 0.3) is 0 Å². The van der Waals surface area contributed by atoms with Crippen LogP contribution in [0.4, 0.5) is 0 Å². The van der Waals surface area contributed by atoms with Crippen molar-refractivity contribution in [1.82, 2.24) is 14.9 Å². The van der Waals surface area contributed by atoms with Crippen molar-refractivity contribution >= 4 is 16.0 Å². The molecule has 0 aromatic heterocycles. The standard InChI is InChI=1S/C21H36N4O3S/c1-4-5-6-9-18(2)24-21(22-3)23-16-19-10-7-8-11-20(19)17-29(26,27)25-12-14-28-15-13-25/h7-8,10-11,18H,4-6,9,12-17H2,1-3H3,(H2,22,23,24). The Morgan fingerprint density at radius 1 is 1.21 bits per heavy atom. The lowest BCUT2D eigenvalue weighted by Crippen LogP contribution is -2.42. The maximum atomic E-state index is 12.8. The summed E-state index contributed by atoms with van der Waals surface area (Å²) in [5, 5.41) is 6.74. The van der Waals surface area contributed by atoms with Gasteiger partial charge < -0.3 is 15.4 Å². The number of sulfonamides is 1. The molecule has 2 rings (SSSR count). The van der Waals surface area contributed by atoms with Crippen LogP contribution in [-0.2, 0) is 27.1 Å². The number of aliphatic imine (C=N–C) groups is 1. The fraction of sp³-hybridized carbons (Fsp3) is 0.667. The highest BCUT2D eigenvalue weighted by Gasteiger charge is 2.25. The molecular formula is C21H36N4O3S. The second-order valence-electron chi connectivity index (χ2n) is 7.50. The molecule has 1 atom stereocenters. The third-order valence-corrected chi connectivity index (χ3v) is 6.94. The highest BCUT2D eigenvalue weighted by Crippen LogP contribution is 2.16. The van der Waals surface area contributed by atoms with E-state index in [1.54, 1.807) is 7.05 Å². The molecule has 7 nitrogen and oxygen atoms in total. The van der Waals surface area contributed by atoms with E-state index < -0.39 is 10.0 Å². The predicted molar refractivity (Wildman–Crippen MR) is 118 cm³/mol. The van der Waals surface area contributed by atoms with Gasteiger partial charge in [-0.1, -0.05) is 50.5 Å². The minimum atomic E-state index is -3.36. The highest BCUT2D eigenvalue weighted by atomic mass is 32.2. The van der Waals surface area contributed by atoms with E-state index in [9.17, 15) is 8.42 Å². The van der Waals surface area contributed by atoms with Gasteiger partial charge in [-0.2, -0.15) is 4.31 Å². The van der Waals surface area contributed by atoms with E-state index >= 15 is 0 Å². The Balaban J connectivity index is 1.95. The number of hydrogen-bond acceptors (Lipinski definition) is 4. The van der Waals surface area contributed by atoms with Crippen molar-refractivity contribution in [2.24, 2.45) is 4.99 Å². The number of morpholine rings is 1. The fourth-order valence-electron chi connectivity index (χ4n) is 3.36. The molecule has 2 N–H and O–H groups in total. The summed E-state index contributed by atoms with van der Waals surface area (Å²) in [4.78, 5) is 4.30. The Hall–Kier alpha value is -1.64. The second-order valence-corrected chi connectivity index (χ2v) is 9.47. The number of guanidine groups is 1. The van der Waals surface area contributed by atoms with Crippen LogP contribution in [0.15, 0.2) is 29.3 Å². The van der Waals surface area contributed by atoms with Crippen molar-refractivity contribution in [3.8, 4) is 0 Å². The molecular weight excluding hydrogens is 388 g/mol. The molecule has 0 aliphatic carbocycles. The van der Waals surface area contributed by atoms with Crippen molar-refractivity contribution in [3.63, 3.8) is 0 Å². The first-order chi connectivity index (χ1) is 14.0. The maximum absolute atomic E-state index is 12.8. The molecule has 1 fully saturated rings. The van der Waals surface area contributed by atoms with Gasteiger partial charge in [-0.15, -0.1) is 0 Å². The van der Waals surface area contributed by atoms with Crippen LogP contribution in [0.3, 0.4) is 0 Å². The van der Waals surface area contributed by atoms with E-state index in [4.69, 9.17) is 4.74 Å². The number of ether oxygens (including phenoxy) is 1. The Labute approximate surface area is 176 Å². The lowest BCUT2D eigenvalue weighted by atomic mass is 10.1. The molecule has 0 bridgehead atoms. The summed E-state index contributed by atoms with van der Waals surface area (Å²) in [6, 6.07) is 8.01. The molecule has 1 unspecified atom stereocenters. The first-order valence-corrected chi connectivity index (χ1v) is 12.2. The number of rotatable bonds is 10. The number of nitrogens with zero attached hydrogens (tertiary/aromatic N) is 2. The summed E-state index contributed by atoms with van der Waals surface area (Å²) in [6.07, 6.45) is 4.75. The first-order valence-electron chi connectivity index (χ1n) is 10.6. The van der Waals surface area contributed by atoms with Crippen molar-refractivity contribution < 1.29 is 13.2 Å². The zero-order valence-electron chi connectivity index (χ0n) is 18.0. The first kappa shape index (κ1) is 23.6. The Bertz CT molecular complexity index is 746. The molecule has 1 saturated heterocycles. The van der Waals surface area contributed by atoms with Gasteiger partial charge in [-0.05, 0) is 24.5 Å². The number of hydrogen-bond donors (Lipinski definition) is 2. The van der Waals surface area contributed by atoms with Gasteiger partial charge in [0.15, 0.2) is 5.96 Å².